The Hall–Kier alpha value is -3.19. The molecule has 1 heterocycles. The van der Waals surface area contributed by atoms with Crippen LogP contribution in [-0.4, -0.2) is 40.9 Å². The van der Waals surface area contributed by atoms with E-state index in [2.05, 4.69) is 10.6 Å². The molecule has 0 radical (unpaired) electrons. The Kier molecular flexibility index (Phi) is 5.52. The molecule has 4 amide bonds. The monoisotopic (exact) mass is 367 g/mol. The van der Waals surface area contributed by atoms with Gasteiger partial charge in [0.25, 0.3) is 5.91 Å². The smallest absolute Gasteiger partial charge is 0.324 e. The van der Waals surface area contributed by atoms with Crippen LogP contribution in [0.3, 0.4) is 0 Å². The number of rotatable bonds is 6. The Bertz CT molecular complexity index is 848. The highest BCUT2D eigenvalue weighted by Crippen LogP contribution is 2.16. The van der Waals surface area contributed by atoms with Gasteiger partial charge < -0.3 is 15.7 Å². The molecule has 140 valence electrons. The molecule has 0 spiro atoms. The molecule has 0 saturated carbocycles. The van der Waals surface area contributed by atoms with Crippen LogP contribution in [0.15, 0.2) is 48.5 Å². The van der Waals surface area contributed by atoms with Crippen molar-refractivity contribution in [3.63, 3.8) is 0 Å². The predicted octanol–water partition coefficient (Wildman–Crippen LogP) is 1.51. The van der Waals surface area contributed by atoms with Gasteiger partial charge >= 0.3 is 6.03 Å². The van der Waals surface area contributed by atoms with Crippen LogP contribution in [0.1, 0.15) is 33.2 Å². The minimum atomic E-state index is -0.826. The number of nitrogens with one attached hydrogen (secondary N) is 2. The number of aliphatic hydroxyl groups is 1. The van der Waals surface area contributed by atoms with Gasteiger partial charge in [-0.1, -0.05) is 48.0 Å². The summed E-state index contributed by atoms with van der Waals surface area (Å²) >= 11 is 0. The lowest BCUT2D eigenvalue weighted by atomic mass is 10.1. The summed E-state index contributed by atoms with van der Waals surface area (Å²) in [5.41, 5.74) is 2.73. The molecule has 3 N–H and O–H groups in total. The first kappa shape index (κ1) is 18.6. The van der Waals surface area contributed by atoms with E-state index in [0.29, 0.717) is 16.7 Å². The molecule has 0 aliphatic carbocycles. The van der Waals surface area contributed by atoms with Crippen LogP contribution < -0.4 is 10.6 Å². The van der Waals surface area contributed by atoms with Gasteiger partial charge in [-0.3, -0.25) is 14.5 Å². The van der Waals surface area contributed by atoms with Gasteiger partial charge in [0, 0.05) is 12.1 Å². The van der Waals surface area contributed by atoms with E-state index < -0.39 is 12.1 Å². The Morgan fingerprint density at radius 1 is 1.19 bits per heavy atom. The number of carbonyl (C=O) groups excluding carboxylic acids is 3. The van der Waals surface area contributed by atoms with Crippen LogP contribution >= 0.6 is 0 Å². The van der Waals surface area contributed by atoms with Gasteiger partial charge in [0.2, 0.25) is 5.91 Å². The van der Waals surface area contributed by atoms with Crippen LogP contribution in [0.4, 0.5) is 4.79 Å². The molecule has 1 unspecified atom stereocenters. The van der Waals surface area contributed by atoms with Gasteiger partial charge in [0.1, 0.15) is 0 Å². The molecule has 7 heteroatoms. The lowest BCUT2D eigenvalue weighted by Gasteiger charge is -2.17. The summed E-state index contributed by atoms with van der Waals surface area (Å²) in [4.78, 5) is 37.1. The largest absolute Gasteiger partial charge is 0.387 e. The van der Waals surface area contributed by atoms with Gasteiger partial charge in [-0.05, 0) is 24.1 Å². The zero-order valence-electron chi connectivity index (χ0n) is 14.9. The zero-order chi connectivity index (χ0) is 19.4. The predicted molar refractivity (Wildman–Crippen MR) is 98.9 cm³/mol. The topological polar surface area (TPSA) is 98.7 Å². The van der Waals surface area contributed by atoms with Crippen LogP contribution in [-0.2, 0) is 11.3 Å². The molecule has 27 heavy (non-hydrogen) atoms. The summed E-state index contributed by atoms with van der Waals surface area (Å²) in [6.45, 7) is 2.00. The third kappa shape index (κ3) is 4.32. The first-order chi connectivity index (χ1) is 13.0. The third-order valence-corrected chi connectivity index (χ3v) is 4.45. The van der Waals surface area contributed by atoms with E-state index in [1.165, 1.54) is 0 Å². The number of hydrogen-bond acceptors (Lipinski definition) is 4. The fraction of sp³-hybridized carbons (Fsp3) is 0.250. The number of aryl methyl sites for hydroxylation is 1. The number of hydrogen-bond donors (Lipinski definition) is 3. The van der Waals surface area contributed by atoms with Crippen molar-refractivity contribution in [2.45, 2.75) is 19.6 Å². The highest BCUT2D eigenvalue weighted by Gasteiger charge is 2.29. The number of benzene rings is 2. The Morgan fingerprint density at radius 2 is 1.89 bits per heavy atom. The van der Waals surface area contributed by atoms with Gasteiger partial charge in [0.05, 0.1) is 19.2 Å². The van der Waals surface area contributed by atoms with Crippen molar-refractivity contribution in [3.05, 3.63) is 70.8 Å². The molecule has 1 aliphatic heterocycles. The lowest BCUT2D eigenvalue weighted by molar-refractivity contribution is -0.125. The zero-order valence-corrected chi connectivity index (χ0v) is 14.9. The van der Waals surface area contributed by atoms with Crippen LogP contribution in [0, 0.1) is 6.92 Å². The Morgan fingerprint density at radius 3 is 2.56 bits per heavy atom. The summed E-state index contributed by atoms with van der Waals surface area (Å²) in [7, 11) is 0. The average Bonchev–Trinajstić information content (AvgIpc) is 2.99. The summed E-state index contributed by atoms with van der Waals surface area (Å²) in [6.07, 6.45) is -0.826. The van der Waals surface area contributed by atoms with Crippen molar-refractivity contribution in [1.29, 1.82) is 0 Å². The average molecular weight is 367 g/mol. The SMILES string of the molecule is Cc1ccc(C(O)CNC(=O)c2ccccc2CN2C(=O)CNC2=O)cc1. The van der Waals surface area contributed by atoms with E-state index >= 15 is 0 Å². The Labute approximate surface area is 157 Å². The van der Waals surface area contributed by atoms with Crippen molar-refractivity contribution in [2.75, 3.05) is 13.1 Å². The molecule has 1 saturated heterocycles. The fourth-order valence-corrected chi connectivity index (χ4v) is 2.86. The molecule has 1 fully saturated rings. The van der Waals surface area contributed by atoms with Gasteiger partial charge in [-0.2, -0.15) is 0 Å². The maximum absolute atomic E-state index is 12.6. The second-order valence-electron chi connectivity index (χ2n) is 6.43. The molecule has 3 rings (SSSR count). The molecule has 1 atom stereocenters. The number of imide groups is 1. The van der Waals surface area contributed by atoms with E-state index in [9.17, 15) is 19.5 Å². The van der Waals surface area contributed by atoms with E-state index in [4.69, 9.17) is 0 Å². The van der Waals surface area contributed by atoms with Crippen molar-refractivity contribution in [3.8, 4) is 0 Å². The minimum Gasteiger partial charge on any atom is -0.387 e. The maximum Gasteiger partial charge on any atom is 0.324 e. The van der Waals surface area contributed by atoms with Crippen molar-refractivity contribution in [2.24, 2.45) is 0 Å². The maximum atomic E-state index is 12.6. The first-order valence-corrected chi connectivity index (χ1v) is 8.64. The summed E-state index contributed by atoms with van der Waals surface area (Å²) < 4.78 is 0. The molecular weight excluding hydrogens is 346 g/mol. The number of amides is 4. The highest BCUT2D eigenvalue weighted by molar-refractivity contribution is 6.02. The summed E-state index contributed by atoms with van der Waals surface area (Å²) in [5, 5.41) is 15.4. The minimum absolute atomic E-state index is 0.0226. The normalized spacial score (nSPS) is 14.8. The van der Waals surface area contributed by atoms with Crippen LogP contribution in [0.25, 0.3) is 0 Å². The lowest BCUT2D eigenvalue weighted by Crippen LogP contribution is -2.33. The standard InChI is InChI=1S/C20H21N3O4/c1-13-6-8-14(9-7-13)17(24)10-21-19(26)16-5-3-2-4-15(16)12-23-18(25)11-22-20(23)27/h2-9,17,24H,10-12H2,1H3,(H,21,26)(H,22,27). The Balaban J connectivity index is 1.67. The van der Waals surface area contributed by atoms with Crippen LogP contribution in [0.2, 0.25) is 0 Å². The molecule has 1 aliphatic rings. The van der Waals surface area contributed by atoms with E-state index in [1.54, 1.807) is 24.3 Å². The quantitative estimate of drug-likeness (QED) is 0.674. The van der Waals surface area contributed by atoms with Crippen molar-refractivity contribution < 1.29 is 19.5 Å². The van der Waals surface area contributed by atoms with E-state index in [0.717, 1.165) is 10.5 Å². The molecule has 7 nitrogen and oxygen atoms in total. The second-order valence-corrected chi connectivity index (χ2v) is 6.43. The van der Waals surface area contributed by atoms with Crippen LogP contribution in [0.5, 0.6) is 0 Å². The molecule has 0 aromatic heterocycles. The molecular formula is C20H21N3O4. The summed E-state index contributed by atoms with van der Waals surface area (Å²) in [6, 6.07) is 13.7. The van der Waals surface area contributed by atoms with Gasteiger partial charge in [0.15, 0.2) is 0 Å². The first-order valence-electron chi connectivity index (χ1n) is 8.64. The number of urea groups is 1. The number of carbonyl (C=O) groups is 3. The molecule has 0 bridgehead atoms. The molecule has 2 aromatic rings. The van der Waals surface area contributed by atoms with Gasteiger partial charge in [-0.25, -0.2) is 4.79 Å². The van der Waals surface area contributed by atoms with E-state index in [-0.39, 0.29) is 31.4 Å². The third-order valence-electron chi connectivity index (χ3n) is 4.45. The molecule has 2 aromatic carbocycles. The second kappa shape index (κ2) is 8.01. The highest BCUT2D eigenvalue weighted by atomic mass is 16.3. The van der Waals surface area contributed by atoms with Crippen molar-refractivity contribution in [1.82, 2.24) is 15.5 Å². The fourth-order valence-electron chi connectivity index (χ4n) is 2.86. The van der Waals surface area contributed by atoms with Gasteiger partial charge in [-0.15, -0.1) is 0 Å². The van der Waals surface area contributed by atoms with Crippen molar-refractivity contribution >= 4 is 17.8 Å². The number of nitrogens with zero attached hydrogens (tertiary/aromatic N) is 1. The van der Waals surface area contributed by atoms with E-state index in [1.807, 2.05) is 31.2 Å². The summed E-state index contributed by atoms with van der Waals surface area (Å²) in [5.74, 6) is -0.700. The number of aliphatic hydroxyl groups excluding tert-OH is 1.